The zero-order valence-corrected chi connectivity index (χ0v) is 19.3. The maximum Gasteiger partial charge on any atom is 1.00 e. The van der Waals surface area contributed by atoms with Crippen LogP contribution in [0.3, 0.4) is 0 Å². The number of aliphatic hydroxyl groups excluding tert-OH is 1. The van der Waals surface area contributed by atoms with Gasteiger partial charge >= 0.3 is 29.6 Å². The number of carbonyl (C=O) groups is 2. The van der Waals surface area contributed by atoms with Crippen LogP contribution >= 0.6 is 11.8 Å². The second kappa shape index (κ2) is 8.31. The molecule has 10 heteroatoms. The fraction of sp³-hybridized carbons (Fsp3) is 0.421. The Bertz CT molecular complexity index is 1010. The summed E-state index contributed by atoms with van der Waals surface area (Å²) in [6.45, 7) is 3.45. The van der Waals surface area contributed by atoms with Crippen molar-refractivity contribution in [2.75, 3.05) is 11.5 Å². The molecule has 2 aromatic rings. The monoisotopic (exact) mass is 424 g/mol. The minimum atomic E-state index is -1.35. The van der Waals surface area contributed by atoms with E-state index in [-0.39, 0.29) is 53.1 Å². The first-order chi connectivity index (χ1) is 13.3. The quantitative estimate of drug-likeness (QED) is 0.375. The van der Waals surface area contributed by atoms with Gasteiger partial charge in [-0.05, 0) is 19.1 Å². The Balaban J connectivity index is 0.00000240. The number of rotatable bonds is 6. The number of aryl methyl sites for hydroxylation is 1. The predicted octanol–water partition coefficient (Wildman–Crippen LogP) is -2.98. The van der Waals surface area contributed by atoms with Crippen molar-refractivity contribution < 1.29 is 49.4 Å². The molecule has 0 bridgehead atoms. The van der Waals surface area contributed by atoms with Gasteiger partial charge in [-0.1, -0.05) is 13.0 Å². The molecule has 1 amide bonds. The van der Waals surface area contributed by atoms with Gasteiger partial charge in [-0.15, -0.1) is 11.8 Å². The molecule has 0 aliphatic carbocycles. The first-order valence-electron chi connectivity index (χ1n) is 9.13. The second-order valence-corrected chi connectivity index (χ2v) is 8.40. The number of imidazole rings is 1. The number of carboxylic acid groups (broad SMARTS) is 1. The van der Waals surface area contributed by atoms with Crippen molar-refractivity contribution in [2.45, 2.75) is 32.4 Å². The van der Waals surface area contributed by atoms with Gasteiger partial charge in [0.05, 0.1) is 35.4 Å². The number of thioether (sulfide) groups is 1. The van der Waals surface area contributed by atoms with Crippen LogP contribution in [-0.4, -0.2) is 49.2 Å². The van der Waals surface area contributed by atoms with E-state index in [4.69, 9.17) is 5.73 Å². The van der Waals surface area contributed by atoms with E-state index >= 15 is 0 Å². The van der Waals surface area contributed by atoms with E-state index in [0.29, 0.717) is 22.9 Å². The maximum atomic E-state index is 12.3. The number of carbonyl (C=O) groups excluding carboxylic acids is 2. The molecule has 148 valence electrons. The molecule has 29 heavy (non-hydrogen) atoms. The number of fused-ring (bicyclic) bond motifs is 2. The van der Waals surface area contributed by atoms with Crippen molar-refractivity contribution in [1.29, 1.82) is 0 Å². The summed E-state index contributed by atoms with van der Waals surface area (Å²) in [4.78, 5) is 30.5. The summed E-state index contributed by atoms with van der Waals surface area (Å²) >= 11 is 1.40. The topological polar surface area (TPSA) is 124 Å². The van der Waals surface area contributed by atoms with E-state index in [0.717, 1.165) is 11.3 Å². The van der Waals surface area contributed by atoms with Crippen LogP contribution in [0.4, 0.5) is 5.82 Å². The van der Waals surface area contributed by atoms with E-state index in [2.05, 4.69) is 4.98 Å². The third kappa shape index (κ3) is 3.59. The van der Waals surface area contributed by atoms with Gasteiger partial charge in [-0.3, -0.25) is 9.20 Å². The Morgan fingerprint density at radius 2 is 2.17 bits per heavy atom. The molecule has 1 fully saturated rings. The number of aliphatic hydroxyl groups is 1. The predicted molar refractivity (Wildman–Crippen MR) is 103 cm³/mol. The van der Waals surface area contributed by atoms with Crippen LogP contribution in [0.15, 0.2) is 35.0 Å². The number of nitrogens with zero attached hydrogens (tertiary/aromatic N) is 3. The van der Waals surface area contributed by atoms with E-state index < -0.39 is 18.0 Å². The number of anilines is 1. The number of nitrogens with two attached hydrogens (primary N) is 1. The molecule has 1 saturated heterocycles. The Morgan fingerprint density at radius 1 is 1.45 bits per heavy atom. The Labute approximate surface area is 194 Å². The van der Waals surface area contributed by atoms with Crippen LogP contribution in [0.5, 0.6) is 0 Å². The largest absolute Gasteiger partial charge is 1.00 e. The van der Waals surface area contributed by atoms with E-state index in [1.54, 1.807) is 13.0 Å². The fourth-order valence-corrected chi connectivity index (χ4v) is 5.43. The van der Waals surface area contributed by atoms with Crippen molar-refractivity contribution >= 4 is 35.1 Å². The van der Waals surface area contributed by atoms with Crippen LogP contribution in [0.1, 0.15) is 19.5 Å². The van der Waals surface area contributed by atoms with Crippen molar-refractivity contribution in [3.63, 3.8) is 0 Å². The minimum absolute atomic E-state index is 0. The third-order valence-electron chi connectivity index (χ3n) is 5.49. The molecular formula is C19H21N4NaO4S. The summed E-state index contributed by atoms with van der Waals surface area (Å²) in [5.41, 5.74) is 7.50. The number of carboxylic acids is 1. The summed E-state index contributed by atoms with van der Waals surface area (Å²) in [6, 6.07) is 5.19. The average Bonchev–Trinajstić information content (AvgIpc) is 3.14. The SMILES string of the molecule is CC(O)C1C(=O)N2C(C(=O)[O-])=C(SCCc3cn4c(N)cccc4n3)[C@H](C)C12.[Na+]. The van der Waals surface area contributed by atoms with E-state index in [1.807, 2.05) is 29.7 Å². The maximum absolute atomic E-state index is 12.3. The van der Waals surface area contributed by atoms with Gasteiger partial charge in [0, 0.05) is 29.2 Å². The van der Waals surface area contributed by atoms with Gasteiger partial charge in [-0.25, -0.2) is 4.98 Å². The van der Waals surface area contributed by atoms with Gasteiger partial charge in [0.2, 0.25) is 5.91 Å². The number of nitrogen functional groups attached to an aromatic ring is 1. The number of hydrogen-bond donors (Lipinski definition) is 2. The Hall–Kier alpha value is -1.52. The summed E-state index contributed by atoms with van der Waals surface area (Å²) in [5, 5.41) is 21.6. The smallest absolute Gasteiger partial charge is 0.543 e. The fourth-order valence-electron chi connectivity index (χ4n) is 4.17. The standard InChI is InChI=1S/C19H22N4O4S.Na/c1-9-15-14(10(2)24)18(25)23(15)16(19(26)27)17(9)28-7-6-11-8-22-12(20)4-3-5-13(22)21-11;/h3-5,8-10,14-15,24H,6-7,20H2,1-2H3,(H,26,27);/q;+1/p-1/t9-,10?,14?,15?;/m1./s1. The summed E-state index contributed by atoms with van der Waals surface area (Å²) < 4.78 is 1.81. The number of aliphatic carboxylic acids is 1. The van der Waals surface area contributed by atoms with Gasteiger partial charge in [0.15, 0.2) is 0 Å². The number of amides is 1. The van der Waals surface area contributed by atoms with Crippen LogP contribution < -0.4 is 40.4 Å². The molecule has 0 radical (unpaired) electrons. The second-order valence-electron chi connectivity index (χ2n) is 7.26. The van der Waals surface area contributed by atoms with Crippen LogP contribution in [-0.2, 0) is 16.0 Å². The minimum Gasteiger partial charge on any atom is -0.543 e. The van der Waals surface area contributed by atoms with Crippen molar-refractivity contribution in [2.24, 2.45) is 11.8 Å². The molecule has 4 atom stereocenters. The zero-order valence-electron chi connectivity index (χ0n) is 16.5. The van der Waals surface area contributed by atoms with Gasteiger partial charge in [0.1, 0.15) is 11.5 Å². The van der Waals surface area contributed by atoms with Crippen LogP contribution in [0, 0.1) is 11.8 Å². The molecule has 2 aliphatic heterocycles. The number of aromatic nitrogens is 2. The van der Waals surface area contributed by atoms with Gasteiger partial charge < -0.3 is 25.6 Å². The summed E-state index contributed by atoms with van der Waals surface area (Å²) in [5.74, 6) is -1.22. The van der Waals surface area contributed by atoms with Crippen molar-refractivity contribution in [3.8, 4) is 0 Å². The van der Waals surface area contributed by atoms with Gasteiger partial charge in [0.25, 0.3) is 0 Å². The summed E-state index contributed by atoms with van der Waals surface area (Å²) in [6.07, 6.45) is 1.69. The first kappa shape index (κ1) is 22.2. The van der Waals surface area contributed by atoms with E-state index in [9.17, 15) is 19.8 Å². The van der Waals surface area contributed by atoms with Crippen molar-refractivity contribution in [3.05, 3.63) is 40.7 Å². The molecule has 3 N–H and O–H groups in total. The first-order valence-corrected chi connectivity index (χ1v) is 10.1. The third-order valence-corrected chi connectivity index (χ3v) is 6.78. The molecule has 0 spiro atoms. The normalized spacial score (nSPS) is 24.3. The Kier molecular flexibility index (Phi) is 6.35. The Morgan fingerprint density at radius 3 is 2.79 bits per heavy atom. The van der Waals surface area contributed by atoms with Crippen LogP contribution in [0.25, 0.3) is 5.65 Å². The average molecular weight is 424 g/mol. The number of β-lactam (4-membered cyclic amide) rings is 1. The summed E-state index contributed by atoms with van der Waals surface area (Å²) in [7, 11) is 0. The molecule has 2 aromatic heterocycles. The van der Waals surface area contributed by atoms with Gasteiger partial charge in [-0.2, -0.15) is 0 Å². The number of pyridine rings is 1. The van der Waals surface area contributed by atoms with Crippen LogP contribution in [0.2, 0.25) is 0 Å². The molecule has 2 aliphatic rings. The number of hydrogen-bond acceptors (Lipinski definition) is 7. The molecular weight excluding hydrogens is 403 g/mol. The molecule has 4 heterocycles. The molecule has 8 nitrogen and oxygen atoms in total. The zero-order chi connectivity index (χ0) is 20.2. The van der Waals surface area contributed by atoms with E-state index in [1.165, 1.54) is 16.7 Å². The molecule has 0 saturated carbocycles. The molecule has 4 rings (SSSR count). The van der Waals surface area contributed by atoms with Crippen molar-refractivity contribution in [1.82, 2.24) is 14.3 Å². The molecule has 3 unspecified atom stereocenters. The molecule has 0 aromatic carbocycles.